The van der Waals surface area contributed by atoms with Gasteiger partial charge in [-0.15, -0.1) is 0 Å². The molecule has 0 spiro atoms. The van der Waals surface area contributed by atoms with Crippen LogP contribution in [0.1, 0.15) is 29.9 Å². The molecule has 1 saturated heterocycles. The van der Waals surface area contributed by atoms with Crippen molar-refractivity contribution in [3.05, 3.63) is 59.7 Å². The minimum atomic E-state index is 0.706. The van der Waals surface area contributed by atoms with Gasteiger partial charge in [-0.1, -0.05) is 48.5 Å². The summed E-state index contributed by atoms with van der Waals surface area (Å²) in [6.07, 6.45) is 2.51. The topological polar surface area (TPSA) is 12.0 Å². The zero-order valence-electron chi connectivity index (χ0n) is 11.5. The molecule has 1 fully saturated rings. The molecule has 0 radical (unpaired) electrons. The third-order valence-corrected chi connectivity index (χ3v) is 4.18. The second-order valence-electron chi connectivity index (χ2n) is 5.43. The zero-order valence-corrected chi connectivity index (χ0v) is 11.5. The maximum absolute atomic E-state index is 3.46. The van der Waals surface area contributed by atoms with Crippen molar-refractivity contribution >= 4 is 0 Å². The first kappa shape index (κ1) is 12.4. The Hall–Kier alpha value is -1.60. The van der Waals surface area contributed by atoms with Gasteiger partial charge in [-0.2, -0.15) is 0 Å². The Kier molecular flexibility index (Phi) is 3.65. The highest BCUT2D eigenvalue weighted by Crippen LogP contribution is 2.35. The fourth-order valence-corrected chi connectivity index (χ4v) is 3.11. The molecule has 2 aromatic carbocycles. The minimum absolute atomic E-state index is 0.706. The van der Waals surface area contributed by atoms with E-state index in [1.807, 2.05) is 0 Å². The van der Waals surface area contributed by atoms with Gasteiger partial charge in [0.05, 0.1) is 0 Å². The molecule has 1 nitrogen and oxygen atoms in total. The number of piperidine rings is 1. The standard InChI is InChI=1S/C18H21N/c1-14-6-2-3-7-16(14)18-9-5-4-8-17(18)15-10-12-19-13-11-15/h2-9,15,19H,10-13H2,1H3. The van der Waals surface area contributed by atoms with Crippen LogP contribution in [0.3, 0.4) is 0 Å². The minimum Gasteiger partial charge on any atom is -0.317 e. The van der Waals surface area contributed by atoms with Crippen molar-refractivity contribution in [2.24, 2.45) is 0 Å². The molecule has 2 aromatic rings. The van der Waals surface area contributed by atoms with Crippen molar-refractivity contribution in [3.8, 4) is 11.1 Å². The molecule has 1 heteroatoms. The van der Waals surface area contributed by atoms with Crippen molar-refractivity contribution in [3.63, 3.8) is 0 Å². The van der Waals surface area contributed by atoms with Gasteiger partial charge in [0.2, 0.25) is 0 Å². The van der Waals surface area contributed by atoms with E-state index in [-0.39, 0.29) is 0 Å². The van der Waals surface area contributed by atoms with E-state index in [1.165, 1.54) is 35.1 Å². The summed E-state index contributed by atoms with van der Waals surface area (Å²) in [7, 11) is 0. The second-order valence-corrected chi connectivity index (χ2v) is 5.43. The van der Waals surface area contributed by atoms with Crippen LogP contribution in [-0.4, -0.2) is 13.1 Å². The lowest BCUT2D eigenvalue weighted by Crippen LogP contribution is -2.26. The van der Waals surface area contributed by atoms with E-state index >= 15 is 0 Å². The van der Waals surface area contributed by atoms with Crippen molar-refractivity contribution in [2.75, 3.05) is 13.1 Å². The monoisotopic (exact) mass is 251 g/mol. The van der Waals surface area contributed by atoms with E-state index in [0.717, 1.165) is 13.1 Å². The van der Waals surface area contributed by atoms with Gasteiger partial charge in [0.1, 0.15) is 0 Å². The number of nitrogens with one attached hydrogen (secondary N) is 1. The van der Waals surface area contributed by atoms with Gasteiger partial charge in [-0.25, -0.2) is 0 Å². The summed E-state index contributed by atoms with van der Waals surface area (Å²) in [5.74, 6) is 0.706. The lowest BCUT2D eigenvalue weighted by Gasteiger charge is -2.25. The van der Waals surface area contributed by atoms with Gasteiger partial charge in [-0.05, 0) is 61.0 Å². The molecule has 1 aliphatic rings. The van der Waals surface area contributed by atoms with Gasteiger partial charge in [0, 0.05) is 0 Å². The summed E-state index contributed by atoms with van der Waals surface area (Å²) >= 11 is 0. The van der Waals surface area contributed by atoms with E-state index in [2.05, 4.69) is 60.8 Å². The Morgan fingerprint density at radius 1 is 0.842 bits per heavy atom. The zero-order chi connectivity index (χ0) is 13.1. The fourth-order valence-electron chi connectivity index (χ4n) is 3.11. The first-order valence-electron chi connectivity index (χ1n) is 7.22. The summed E-state index contributed by atoms with van der Waals surface area (Å²) in [5.41, 5.74) is 5.70. The quantitative estimate of drug-likeness (QED) is 0.846. The van der Waals surface area contributed by atoms with Crippen molar-refractivity contribution in [2.45, 2.75) is 25.7 Å². The number of aryl methyl sites for hydroxylation is 1. The van der Waals surface area contributed by atoms with Crippen LogP contribution in [-0.2, 0) is 0 Å². The molecule has 1 aliphatic heterocycles. The number of hydrogen-bond acceptors (Lipinski definition) is 1. The van der Waals surface area contributed by atoms with Gasteiger partial charge < -0.3 is 5.32 Å². The number of rotatable bonds is 2. The van der Waals surface area contributed by atoms with E-state index in [1.54, 1.807) is 0 Å². The van der Waals surface area contributed by atoms with Crippen LogP contribution in [0, 0.1) is 6.92 Å². The van der Waals surface area contributed by atoms with Crippen molar-refractivity contribution in [1.82, 2.24) is 5.32 Å². The molecule has 0 aliphatic carbocycles. The van der Waals surface area contributed by atoms with Crippen LogP contribution in [0.15, 0.2) is 48.5 Å². The maximum atomic E-state index is 3.46. The average molecular weight is 251 g/mol. The molecule has 0 bridgehead atoms. The maximum Gasteiger partial charge on any atom is -0.00431 e. The molecule has 98 valence electrons. The Bertz CT molecular complexity index is 553. The van der Waals surface area contributed by atoms with E-state index in [4.69, 9.17) is 0 Å². The molecule has 0 saturated carbocycles. The fraction of sp³-hybridized carbons (Fsp3) is 0.333. The molecule has 0 atom stereocenters. The van der Waals surface area contributed by atoms with E-state index < -0.39 is 0 Å². The highest BCUT2D eigenvalue weighted by molar-refractivity contribution is 5.71. The second kappa shape index (κ2) is 5.58. The van der Waals surface area contributed by atoms with Crippen LogP contribution in [0.5, 0.6) is 0 Å². The van der Waals surface area contributed by atoms with Gasteiger partial charge in [0.25, 0.3) is 0 Å². The third-order valence-electron chi connectivity index (χ3n) is 4.18. The first-order valence-corrected chi connectivity index (χ1v) is 7.22. The van der Waals surface area contributed by atoms with Crippen molar-refractivity contribution < 1.29 is 0 Å². The molecule has 1 N–H and O–H groups in total. The molecule has 19 heavy (non-hydrogen) atoms. The van der Waals surface area contributed by atoms with Crippen LogP contribution in [0.4, 0.5) is 0 Å². The Morgan fingerprint density at radius 3 is 2.21 bits per heavy atom. The predicted octanol–water partition coefficient (Wildman–Crippen LogP) is 4.13. The molecule has 3 rings (SSSR count). The largest absolute Gasteiger partial charge is 0.317 e. The summed E-state index contributed by atoms with van der Waals surface area (Å²) in [6, 6.07) is 17.6. The molecular weight excluding hydrogens is 230 g/mol. The van der Waals surface area contributed by atoms with Gasteiger partial charge in [0.15, 0.2) is 0 Å². The molecule has 1 heterocycles. The van der Waals surface area contributed by atoms with Crippen LogP contribution < -0.4 is 5.32 Å². The van der Waals surface area contributed by atoms with Crippen molar-refractivity contribution in [1.29, 1.82) is 0 Å². The number of hydrogen-bond donors (Lipinski definition) is 1. The Labute approximate surface area is 115 Å². The average Bonchev–Trinajstić information content (AvgIpc) is 2.49. The van der Waals surface area contributed by atoms with Crippen LogP contribution >= 0.6 is 0 Å². The summed E-state index contributed by atoms with van der Waals surface area (Å²) in [5, 5.41) is 3.46. The highest BCUT2D eigenvalue weighted by Gasteiger charge is 2.18. The summed E-state index contributed by atoms with van der Waals surface area (Å²) < 4.78 is 0. The van der Waals surface area contributed by atoms with Crippen LogP contribution in [0.25, 0.3) is 11.1 Å². The smallest absolute Gasteiger partial charge is 0.00431 e. The lowest BCUT2D eigenvalue weighted by molar-refractivity contribution is 0.461. The summed E-state index contributed by atoms with van der Waals surface area (Å²) in [6.45, 7) is 4.49. The van der Waals surface area contributed by atoms with E-state index in [9.17, 15) is 0 Å². The Morgan fingerprint density at radius 2 is 1.47 bits per heavy atom. The molecular formula is C18H21N. The normalized spacial score (nSPS) is 16.5. The van der Waals surface area contributed by atoms with Crippen LogP contribution in [0.2, 0.25) is 0 Å². The Balaban J connectivity index is 2.04. The van der Waals surface area contributed by atoms with Gasteiger partial charge >= 0.3 is 0 Å². The molecule has 0 aromatic heterocycles. The molecule has 0 amide bonds. The highest BCUT2D eigenvalue weighted by atomic mass is 14.9. The lowest BCUT2D eigenvalue weighted by atomic mass is 9.84. The number of benzene rings is 2. The SMILES string of the molecule is Cc1ccccc1-c1ccccc1C1CCNCC1. The first-order chi connectivity index (χ1) is 9.36. The summed E-state index contributed by atoms with van der Waals surface area (Å²) in [4.78, 5) is 0. The predicted molar refractivity (Wildman–Crippen MR) is 81.5 cm³/mol. The molecule has 0 unspecified atom stereocenters. The third kappa shape index (κ3) is 2.57. The van der Waals surface area contributed by atoms with Gasteiger partial charge in [-0.3, -0.25) is 0 Å². The van der Waals surface area contributed by atoms with E-state index in [0.29, 0.717) is 5.92 Å².